The summed E-state index contributed by atoms with van der Waals surface area (Å²) in [5.41, 5.74) is 0. The summed E-state index contributed by atoms with van der Waals surface area (Å²) in [5.74, 6) is 1.32. The summed E-state index contributed by atoms with van der Waals surface area (Å²) < 4.78 is 23.7. The zero-order chi connectivity index (χ0) is 57.5. The molecule has 0 aromatic rings. The third-order valence-electron chi connectivity index (χ3n) is 14.3. The van der Waals surface area contributed by atoms with Crippen molar-refractivity contribution < 1.29 is 38.1 Å². The number of allylic oxidation sites excluding steroid dienone is 6. The maximum atomic E-state index is 13.0. The molecular formula is C67H124O8S3Sn. The van der Waals surface area contributed by atoms with E-state index in [1.807, 2.05) is 26.8 Å². The van der Waals surface area contributed by atoms with E-state index in [1.54, 1.807) is 0 Å². The average molecular weight is 1270 g/mol. The molecule has 79 heavy (non-hydrogen) atoms. The van der Waals surface area contributed by atoms with Gasteiger partial charge in [0.1, 0.15) is 0 Å². The molecule has 462 valence electrons. The van der Waals surface area contributed by atoms with Gasteiger partial charge in [-0.05, 0) is 38.5 Å². The molecule has 0 aliphatic heterocycles. The normalized spacial score (nSPS) is 12.5. The van der Waals surface area contributed by atoms with Gasteiger partial charge in [0, 0.05) is 0 Å². The Hall–Kier alpha value is -1.05. The number of esters is 4. The fraction of sp³-hybridized carbons (Fsp3) is 0.851. The second-order valence-corrected chi connectivity index (χ2v) is 56.0. The Morgan fingerprint density at radius 2 is 0.506 bits per heavy atom. The molecule has 0 radical (unpaired) electrons. The van der Waals surface area contributed by atoms with E-state index in [4.69, 9.17) is 18.9 Å². The van der Waals surface area contributed by atoms with Crippen LogP contribution in [0.15, 0.2) is 36.5 Å². The molecule has 0 rings (SSSR count). The molecule has 0 spiro atoms. The Labute approximate surface area is 500 Å². The van der Waals surface area contributed by atoms with Gasteiger partial charge in [-0.3, -0.25) is 0 Å². The molecule has 0 saturated carbocycles. The van der Waals surface area contributed by atoms with Crippen molar-refractivity contribution in [3.8, 4) is 0 Å². The maximum absolute atomic E-state index is 13.0. The molecule has 12 heteroatoms. The van der Waals surface area contributed by atoms with Crippen LogP contribution in [-0.2, 0) is 38.1 Å². The van der Waals surface area contributed by atoms with Crippen molar-refractivity contribution in [2.45, 2.75) is 321 Å². The predicted molar refractivity (Wildman–Crippen MR) is 350 cm³/mol. The van der Waals surface area contributed by atoms with Gasteiger partial charge in [0.15, 0.2) is 0 Å². The van der Waals surface area contributed by atoms with Crippen molar-refractivity contribution in [2.24, 2.45) is 0 Å². The molecule has 0 N–H and O–H groups in total. The fourth-order valence-electron chi connectivity index (χ4n) is 9.29. The molecule has 0 atom stereocenters. The van der Waals surface area contributed by atoms with E-state index >= 15 is 0 Å². The molecule has 0 aromatic carbocycles. The number of rotatable bonds is 63. The summed E-state index contributed by atoms with van der Waals surface area (Å²) in [6, 6.07) is 0. The molecule has 0 amide bonds. The number of hydrogen-bond donors (Lipinski definition) is 0. The van der Waals surface area contributed by atoms with Crippen LogP contribution in [0, 0.1) is 0 Å². The Balaban J connectivity index is 5.10. The number of carbonyl (C=O) groups excluding carboxylic acids is 4. The summed E-state index contributed by atoms with van der Waals surface area (Å²) in [6.07, 6.45) is 65.1. The van der Waals surface area contributed by atoms with Crippen LogP contribution in [0.5, 0.6) is 0 Å². The second-order valence-electron chi connectivity index (χ2n) is 22.0. The Morgan fingerprint density at radius 1 is 0.278 bits per heavy atom. The first-order valence-corrected chi connectivity index (χ1v) is 48.8. The summed E-state index contributed by atoms with van der Waals surface area (Å²) in [4.78, 5) is 51.6. The van der Waals surface area contributed by atoms with Crippen molar-refractivity contribution in [3.05, 3.63) is 36.5 Å². The number of ether oxygens (including phenoxy) is 4. The molecule has 0 aliphatic rings. The summed E-state index contributed by atoms with van der Waals surface area (Å²) in [7, 11) is 5.61. The zero-order valence-electron chi connectivity index (χ0n) is 51.9. The van der Waals surface area contributed by atoms with Gasteiger partial charge in [0.05, 0.1) is 0 Å². The fourth-order valence-corrected chi connectivity index (χ4v) is 46.0. The minimum Gasteiger partial charge on any atom is -0.0885 e. The van der Waals surface area contributed by atoms with E-state index in [9.17, 15) is 19.2 Å². The van der Waals surface area contributed by atoms with Crippen molar-refractivity contribution in [1.82, 2.24) is 0 Å². The van der Waals surface area contributed by atoms with E-state index in [0.717, 1.165) is 89.9 Å². The van der Waals surface area contributed by atoms with Crippen LogP contribution >= 0.6 is 26.8 Å². The van der Waals surface area contributed by atoms with E-state index < -0.39 is 14.2 Å². The van der Waals surface area contributed by atoms with E-state index in [0.29, 0.717) is 73.8 Å². The van der Waals surface area contributed by atoms with Crippen LogP contribution in [0.25, 0.3) is 0 Å². The summed E-state index contributed by atoms with van der Waals surface area (Å²) >= 11 is -3.43. The summed E-state index contributed by atoms with van der Waals surface area (Å²) in [5, 5.41) is 0. The van der Waals surface area contributed by atoms with Gasteiger partial charge in [-0.25, -0.2) is 0 Å². The monoisotopic (exact) mass is 1270 g/mol. The van der Waals surface area contributed by atoms with Gasteiger partial charge in [-0.2, -0.15) is 0 Å². The molecule has 0 aliphatic carbocycles. The minimum absolute atomic E-state index is 0.143. The van der Waals surface area contributed by atoms with Gasteiger partial charge >= 0.3 is 312 Å². The second kappa shape index (κ2) is 64.5. The minimum atomic E-state index is -3.43. The molecule has 0 heterocycles. The van der Waals surface area contributed by atoms with Crippen LogP contribution in [0.1, 0.15) is 317 Å². The molecule has 0 fully saturated rings. The Kier molecular flexibility index (Phi) is 63.7. The number of carbonyl (C=O) groups is 4. The van der Waals surface area contributed by atoms with Gasteiger partial charge in [-0.15, -0.1) is 0 Å². The third-order valence-corrected chi connectivity index (χ3v) is 54.1. The van der Waals surface area contributed by atoms with E-state index in [1.165, 1.54) is 173 Å². The Bertz CT molecular complexity index is 1300. The molecule has 0 unspecified atom stereocenters. The smallest absolute Gasteiger partial charge is 0.0885 e. The first-order chi connectivity index (χ1) is 38.8. The van der Waals surface area contributed by atoms with Gasteiger partial charge < -0.3 is 0 Å². The van der Waals surface area contributed by atoms with Gasteiger partial charge in [0.2, 0.25) is 0 Å². The average Bonchev–Trinajstić information content (AvgIpc) is 3.45. The first kappa shape index (κ1) is 77.9. The third kappa shape index (κ3) is 59.9. The number of unbranched alkanes of at least 4 members (excludes halogenated alkanes) is 34. The first-order valence-electron chi connectivity index (χ1n) is 33.3. The van der Waals surface area contributed by atoms with Crippen molar-refractivity contribution in [2.75, 3.05) is 43.7 Å². The van der Waals surface area contributed by atoms with Crippen molar-refractivity contribution in [3.63, 3.8) is 0 Å². The molecular weight excluding hydrogens is 1150 g/mol. The molecule has 0 aromatic heterocycles. The SMILES string of the molecule is CCCCCCCCC=CCCCCCCCC(=O)OCC[S][Sn]([CH2]CC(=O)OCCCC)([S]CCOC(=O)CCCCCCCC=CCCCCCCCC)[S]CCOC(=O)CCCCCCCC=CCCCCCCCC. The van der Waals surface area contributed by atoms with Gasteiger partial charge in [-0.1, -0.05) is 154 Å². The van der Waals surface area contributed by atoms with Crippen LogP contribution in [0.4, 0.5) is 0 Å². The van der Waals surface area contributed by atoms with Gasteiger partial charge in [0.25, 0.3) is 0 Å². The molecule has 0 saturated heterocycles. The Morgan fingerprint density at radius 3 is 0.785 bits per heavy atom. The molecule has 0 bridgehead atoms. The van der Waals surface area contributed by atoms with Crippen LogP contribution < -0.4 is 0 Å². The van der Waals surface area contributed by atoms with Crippen LogP contribution in [-0.4, -0.2) is 81.8 Å². The summed E-state index contributed by atoms with van der Waals surface area (Å²) in [6.45, 7) is 10.3. The standard InChI is InChI=1S/3C20H38O2S.C7H13O2.Sn/c3*1-2-3-4-5-6-7-8-9-10-11-12-13-14-15-16-17-20(21)22-18-19-23;1-3-5-6-9-7(8)4-2;/h3*9-10,23H,2-8,11-19H2,1H3;2-6H2,1H3;/q;;;;+3/p-3. The van der Waals surface area contributed by atoms with E-state index in [2.05, 4.69) is 64.2 Å². The van der Waals surface area contributed by atoms with Crippen molar-refractivity contribution >= 4 is 64.9 Å². The van der Waals surface area contributed by atoms with Crippen LogP contribution in [0.2, 0.25) is 4.44 Å². The van der Waals surface area contributed by atoms with Crippen LogP contribution in [0.3, 0.4) is 0 Å². The zero-order valence-corrected chi connectivity index (χ0v) is 57.2. The quantitative estimate of drug-likeness (QED) is 0.0191. The van der Waals surface area contributed by atoms with Crippen molar-refractivity contribution in [1.29, 1.82) is 0 Å². The topological polar surface area (TPSA) is 105 Å². The van der Waals surface area contributed by atoms with E-state index in [-0.39, 0.29) is 23.9 Å². The predicted octanol–water partition coefficient (Wildman–Crippen LogP) is 21.6. The number of hydrogen-bond acceptors (Lipinski definition) is 11. The molecule has 8 nitrogen and oxygen atoms in total.